The molecule has 8 heteroatoms. The normalized spacial score (nSPS) is 11.2. The molecule has 4 aromatic rings. The Kier molecular flexibility index (Phi) is 5.17. The van der Waals surface area contributed by atoms with Crippen molar-refractivity contribution < 1.29 is 13.5 Å². The predicted octanol–water partition coefficient (Wildman–Crippen LogP) is 5.36. The van der Waals surface area contributed by atoms with Crippen molar-refractivity contribution in [3.8, 4) is 22.7 Å². The number of aromatic amines is 1. The van der Waals surface area contributed by atoms with E-state index < -0.39 is 17.5 Å². The van der Waals surface area contributed by atoms with E-state index in [0.29, 0.717) is 17.0 Å². The number of hydrogen-bond donors (Lipinski definition) is 1. The second kappa shape index (κ2) is 7.79. The molecule has 0 spiro atoms. The first-order chi connectivity index (χ1) is 14.4. The lowest BCUT2D eigenvalue weighted by Crippen LogP contribution is -2.17. The molecule has 0 aliphatic heterocycles. The molecule has 0 saturated carbocycles. The van der Waals surface area contributed by atoms with Crippen LogP contribution in [-0.2, 0) is 0 Å². The van der Waals surface area contributed by atoms with Gasteiger partial charge in [-0.25, -0.2) is 13.8 Å². The second-order valence-electron chi connectivity index (χ2n) is 6.68. The highest BCUT2D eigenvalue weighted by Gasteiger charge is 2.22. The molecular weight excluding hydrogens is 408 g/mol. The highest BCUT2D eigenvalue weighted by molar-refractivity contribution is 7.71. The first kappa shape index (κ1) is 19.9. The largest absolute Gasteiger partial charge is 0.496 e. The maximum Gasteiger partial charge on any atom is 0.264 e. The molecule has 0 saturated heterocycles. The number of pyridine rings is 1. The van der Waals surface area contributed by atoms with Crippen LogP contribution in [0.3, 0.4) is 0 Å². The summed E-state index contributed by atoms with van der Waals surface area (Å²) in [6, 6.07) is 15.5. The molecule has 0 radical (unpaired) electrons. The standard InChI is InChI=1S/C22H17F2N3O2S/c1-12-7-3-5-9-16(12)27-20-18(21(28)26-22(27)30)14(19(23)24)11-15(25-20)13-8-4-6-10-17(13)29-2/h3-11,19H,1-2H3,(H,26,28,30). The van der Waals surface area contributed by atoms with Gasteiger partial charge < -0.3 is 4.74 Å². The highest BCUT2D eigenvalue weighted by atomic mass is 32.1. The first-order valence-electron chi connectivity index (χ1n) is 9.10. The summed E-state index contributed by atoms with van der Waals surface area (Å²) in [6.07, 6.45) is -2.88. The lowest BCUT2D eigenvalue weighted by atomic mass is 10.1. The van der Waals surface area contributed by atoms with E-state index in [2.05, 4.69) is 9.97 Å². The number of alkyl halides is 2. The summed E-state index contributed by atoms with van der Waals surface area (Å²) in [7, 11) is 1.49. The van der Waals surface area contributed by atoms with Crippen LogP contribution in [0.1, 0.15) is 17.6 Å². The van der Waals surface area contributed by atoms with Crippen molar-refractivity contribution in [2.45, 2.75) is 13.3 Å². The number of para-hydroxylation sites is 2. The molecule has 2 heterocycles. The quantitative estimate of drug-likeness (QED) is 0.447. The van der Waals surface area contributed by atoms with Gasteiger partial charge in [0.1, 0.15) is 5.75 Å². The molecule has 4 rings (SSSR count). The number of nitrogens with zero attached hydrogens (tertiary/aromatic N) is 2. The van der Waals surface area contributed by atoms with Gasteiger partial charge in [0, 0.05) is 11.1 Å². The van der Waals surface area contributed by atoms with Gasteiger partial charge in [0.25, 0.3) is 12.0 Å². The smallest absolute Gasteiger partial charge is 0.264 e. The topological polar surface area (TPSA) is 59.9 Å². The van der Waals surface area contributed by atoms with Crippen LogP contribution in [0, 0.1) is 11.7 Å². The fourth-order valence-electron chi connectivity index (χ4n) is 3.46. The fourth-order valence-corrected chi connectivity index (χ4v) is 3.74. The van der Waals surface area contributed by atoms with Gasteiger partial charge in [-0.15, -0.1) is 0 Å². The lowest BCUT2D eigenvalue weighted by Gasteiger charge is -2.16. The molecule has 152 valence electrons. The van der Waals surface area contributed by atoms with Gasteiger partial charge in [0.05, 0.1) is 23.9 Å². The van der Waals surface area contributed by atoms with E-state index in [1.807, 2.05) is 19.1 Å². The minimum absolute atomic E-state index is 0.0664. The van der Waals surface area contributed by atoms with Crippen molar-refractivity contribution in [1.29, 1.82) is 0 Å². The van der Waals surface area contributed by atoms with Crippen LogP contribution < -0.4 is 10.3 Å². The molecule has 0 fully saturated rings. The molecule has 2 aromatic carbocycles. The highest BCUT2D eigenvalue weighted by Crippen LogP contribution is 2.34. The Hall–Kier alpha value is -3.39. The summed E-state index contributed by atoms with van der Waals surface area (Å²) in [6.45, 7) is 1.87. The molecule has 0 aliphatic carbocycles. The summed E-state index contributed by atoms with van der Waals surface area (Å²) in [5, 5.41) is -0.194. The zero-order valence-corrected chi connectivity index (χ0v) is 17.0. The average Bonchev–Trinajstić information content (AvgIpc) is 2.74. The zero-order valence-electron chi connectivity index (χ0n) is 16.1. The maximum absolute atomic E-state index is 14.0. The third-order valence-electron chi connectivity index (χ3n) is 4.87. The number of ether oxygens (including phenoxy) is 1. The summed E-state index contributed by atoms with van der Waals surface area (Å²) in [4.78, 5) is 19.7. The predicted molar refractivity (Wildman–Crippen MR) is 114 cm³/mol. The van der Waals surface area contributed by atoms with Crippen LogP contribution in [-0.4, -0.2) is 21.6 Å². The monoisotopic (exact) mass is 425 g/mol. The Morgan fingerprint density at radius 1 is 1.13 bits per heavy atom. The molecule has 0 aliphatic rings. The Labute approximate surface area is 175 Å². The number of aryl methyl sites for hydroxylation is 1. The van der Waals surface area contributed by atoms with Gasteiger partial charge in [-0.2, -0.15) is 0 Å². The van der Waals surface area contributed by atoms with Crippen molar-refractivity contribution in [2.24, 2.45) is 0 Å². The van der Waals surface area contributed by atoms with Crippen LogP contribution in [0.5, 0.6) is 5.75 Å². The molecule has 5 nitrogen and oxygen atoms in total. The first-order valence-corrected chi connectivity index (χ1v) is 9.50. The summed E-state index contributed by atoms with van der Waals surface area (Å²) in [5.41, 5.74) is 1.24. The number of rotatable bonds is 4. The van der Waals surface area contributed by atoms with Crippen molar-refractivity contribution in [1.82, 2.24) is 14.5 Å². The Bertz CT molecular complexity index is 1380. The third-order valence-corrected chi connectivity index (χ3v) is 5.15. The van der Waals surface area contributed by atoms with Crippen LogP contribution >= 0.6 is 12.2 Å². The minimum atomic E-state index is -2.88. The summed E-state index contributed by atoms with van der Waals surface area (Å²) in [5.74, 6) is 0.482. The van der Waals surface area contributed by atoms with Crippen LogP contribution in [0.15, 0.2) is 59.4 Å². The number of H-pyrrole nitrogens is 1. The van der Waals surface area contributed by atoms with Gasteiger partial charge in [-0.05, 0) is 49.0 Å². The fraction of sp³-hybridized carbons (Fsp3) is 0.136. The van der Waals surface area contributed by atoms with Crippen molar-refractivity contribution >= 4 is 23.3 Å². The van der Waals surface area contributed by atoms with Gasteiger partial charge in [0.15, 0.2) is 10.4 Å². The minimum Gasteiger partial charge on any atom is -0.496 e. The Morgan fingerprint density at radius 2 is 1.83 bits per heavy atom. The van der Waals surface area contributed by atoms with E-state index in [-0.39, 0.29) is 21.5 Å². The number of nitrogens with one attached hydrogen (secondary N) is 1. The Morgan fingerprint density at radius 3 is 2.53 bits per heavy atom. The van der Waals surface area contributed by atoms with Gasteiger partial charge >= 0.3 is 0 Å². The number of hydrogen-bond acceptors (Lipinski definition) is 4. The van der Waals surface area contributed by atoms with Crippen LogP contribution in [0.25, 0.3) is 28.0 Å². The average molecular weight is 425 g/mol. The second-order valence-corrected chi connectivity index (χ2v) is 7.06. The number of aromatic nitrogens is 3. The maximum atomic E-state index is 14.0. The van der Waals surface area contributed by atoms with Crippen LogP contribution in [0.2, 0.25) is 0 Å². The van der Waals surface area contributed by atoms with Gasteiger partial charge in [-0.1, -0.05) is 30.3 Å². The van der Waals surface area contributed by atoms with Crippen molar-refractivity contribution in [2.75, 3.05) is 7.11 Å². The van der Waals surface area contributed by atoms with Crippen molar-refractivity contribution in [3.05, 3.63) is 80.8 Å². The molecule has 0 unspecified atom stereocenters. The van der Waals surface area contributed by atoms with E-state index in [1.165, 1.54) is 17.7 Å². The number of halogens is 2. The Balaban J connectivity index is 2.19. The SMILES string of the molecule is COc1ccccc1-c1cc(C(F)F)c2c(=O)[nH]c(=S)n(-c3ccccc3C)c2n1. The molecule has 0 atom stereocenters. The van der Waals surface area contributed by atoms with E-state index >= 15 is 0 Å². The molecule has 1 N–H and O–H groups in total. The summed E-state index contributed by atoms with van der Waals surface area (Å²) < 4.78 is 35.0. The molecule has 0 amide bonds. The third kappa shape index (κ3) is 3.29. The van der Waals surface area contributed by atoms with E-state index in [4.69, 9.17) is 17.0 Å². The summed E-state index contributed by atoms with van der Waals surface area (Å²) >= 11 is 5.38. The van der Waals surface area contributed by atoms with E-state index in [0.717, 1.165) is 5.56 Å². The molecule has 0 bridgehead atoms. The number of methoxy groups -OCH3 is 1. The molecule has 2 aromatic heterocycles. The van der Waals surface area contributed by atoms with E-state index in [9.17, 15) is 13.6 Å². The van der Waals surface area contributed by atoms with Gasteiger partial charge in [0.2, 0.25) is 0 Å². The van der Waals surface area contributed by atoms with Crippen LogP contribution in [0.4, 0.5) is 8.78 Å². The lowest BCUT2D eigenvalue weighted by molar-refractivity contribution is 0.153. The van der Waals surface area contributed by atoms with E-state index in [1.54, 1.807) is 36.4 Å². The zero-order chi connectivity index (χ0) is 21.4. The number of fused-ring (bicyclic) bond motifs is 1. The number of benzene rings is 2. The molecule has 30 heavy (non-hydrogen) atoms. The molecular formula is C22H17F2N3O2S. The van der Waals surface area contributed by atoms with Gasteiger partial charge in [-0.3, -0.25) is 14.3 Å². The van der Waals surface area contributed by atoms with Crippen molar-refractivity contribution in [3.63, 3.8) is 0 Å².